The van der Waals surface area contributed by atoms with Crippen molar-refractivity contribution in [3.8, 4) is 6.07 Å². The van der Waals surface area contributed by atoms with Crippen molar-refractivity contribution in [1.29, 1.82) is 5.26 Å². The van der Waals surface area contributed by atoms with Gasteiger partial charge in [-0.15, -0.1) is 0 Å². The van der Waals surface area contributed by atoms with Gasteiger partial charge in [-0.25, -0.2) is 0 Å². The van der Waals surface area contributed by atoms with Gasteiger partial charge in [-0.05, 0) is 17.2 Å². The first kappa shape index (κ1) is 10.5. The van der Waals surface area contributed by atoms with Crippen LogP contribution in [0.4, 0.5) is 4.39 Å². The van der Waals surface area contributed by atoms with E-state index in [1.54, 1.807) is 31.2 Å². The van der Waals surface area contributed by atoms with E-state index < -0.39 is 6.67 Å². The number of alkyl halides is 1. The van der Waals surface area contributed by atoms with Crippen LogP contribution in [0.15, 0.2) is 24.8 Å². The second-order valence-corrected chi connectivity index (χ2v) is 3.00. The molecule has 0 saturated heterocycles. The minimum absolute atomic E-state index is 0.504. The molecular weight excluding hydrogens is 177 g/mol. The van der Waals surface area contributed by atoms with E-state index in [0.717, 1.165) is 5.56 Å². The van der Waals surface area contributed by atoms with E-state index in [0.29, 0.717) is 17.0 Å². The van der Waals surface area contributed by atoms with Crippen molar-refractivity contribution in [2.75, 3.05) is 6.67 Å². The Hall–Kier alpha value is -1.62. The summed E-state index contributed by atoms with van der Waals surface area (Å²) in [5.74, 6) is 0.622. The van der Waals surface area contributed by atoms with Gasteiger partial charge in [-0.1, -0.05) is 31.7 Å². The lowest BCUT2D eigenvalue weighted by molar-refractivity contribution is 0.516. The molecule has 0 atom stereocenters. The van der Waals surface area contributed by atoms with Gasteiger partial charge in [0.05, 0.1) is 18.3 Å². The fourth-order valence-corrected chi connectivity index (χ4v) is 1.33. The Labute approximate surface area is 83.5 Å². The second-order valence-electron chi connectivity index (χ2n) is 3.00. The molecule has 0 fully saturated rings. The molecule has 1 nitrogen and oxygen atoms in total. The average Bonchev–Trinajstić information content (AvgIpc) is 2.26. The molecule has 0 saturated carbocycles. The number of nitriles is 1. The molecule has 0 unspecified atom stereocenters. The minimum atomic E-state index is -0.504. The lowest BCUT2D eigenvalue weighted by Gasteiger charge is -2.11. The molecule has 0 aliphatic carbocycles. The van der Waals surface area contributed by atoms with Gasteiger partial charge in [0.2, 0.25) is 0 Å². The largest absolute Gasteiger partial charge is 0.250 e. The third-order valence-corrected chi connectivity index (χ3v) is 2.09. The summed E-state index contributed by atoms with van der Waals surface area (Å²) in [5.41, 5.74) is 2.01. The summed E-state index contributed by atoms with van der Waals surface area (Å²) < 4.78 is 12.5. The number of nitrogens with zero attached hydrogens (tertiary/aromatic N) is 1. The maximum atomic E-state index is 12.5. The molecule has 2 heteroatoms. The molecule has 0 N–H and O–H groups in total. The van der Waals surface area contributed by atoms with Crippen LogP contribution in [0.5, 0.6) is 0 Å². The van der Waals surface area contributed by atoms with E-state index in [1.165, 1.54) is 0 Å². The highest BCUT2D eigenvalue weighted by Crippen LogP contribution is 2.23. The smallest absolute Gasteiger partial charge is 0.0998 e. The topological polar surface area (TPSA) is 23.8 Å². The maximum Gasteiger partial charge on any atom is 0.0998 e. The number of hydrogen-bond donors (Lipinski definition) is 0. The first-order valence-electron chi connectivity index (χ1n) is 4.29. The lowest BCUT2D eigenvalue weighted by atomic mass is 9.93. The van der Waals surface area contributed by atoms with Crippen molar-refractivity contribution in [2.24, 2.45) is 0 Å². The van der Waals surface area contributed by atoms with Gasteiger partial charge in [-0.3, -0.25) is 4.39 Å². The summed E-state index contributed by atoms with van der Waals surface area (Å²) in [6.07, 6.45) is 1.59. The standard InChI is InChI=1S/C12H11FN/c1-3-11-10(8-14)5-4-6-12(11)9(2)7-13/h3-6H,1,7H2,2H3. The average molecular weight is 188 g/mol. The Bertz CT molecular complexity index is 376. The molecule has 0 heterocycles. The zero-order chi connectivity index (χ0) is 10.6. The summed E-state index contributed by atoms with van der Waals surface area (Å²) in [6.45, 7) is 4.84. The van der Waals surface area contributed by atoms with Crippen molar-refractivity contribution in [2.45, 2.75) is 6.92 Å². The molecule has 0 aliphatic rings. The van der Waals surface area contributed by atoms with Crippen molar-refractivity contribution in [3.05, 3.63) is 47.4 Å². The van der Waals surface area contributed by atoms with Crippen molar-refractivity contribution in [1.82, 2.24) is 0 Å². The van der Waals surface area contributed by atoms with E-state index in [4.69, 9.17) is 5.26 Å². The number of halogens is 1. The van der Waals surface area contributed by atoms with Gasteiger partial charge in [-0.2, -0.15) is 5.26 Å². The molecule has 0 aliphatic heterocycles. The first-order valence-corrected chi connectivity index (χ1v) is 4.29. The van der Waals surface area contributed by atoms with Gasteiger partial charge in [0, 0.05) is 5.92 Å². The van der Waals surface area contributed by atoms with Crippen LogP contribution >= 0.6 is 0 Å². The molecular formula is C12H11FN. The second kappa shape index (κ2) is 4.57. The van der Waals surface area contributed by atoms with E-state index in [1.807, 2.05) is 0 Å². The Morgan fingerprint density at radius 1 is 1.64 bits per heavy atom. The zero-order valence-electron chi connectivity index (χ0n) is 8.05. The molecule has 1 rings (SSSR count). The molecule has 1 radical (unpaired) electrons. The molecule has 71 valence electrons. The van der Waals surface area contributed by atoms with Crippen molar-refractivity contribution >= 4 is 6.08 Å². The molecule has 0 amide bonds. The lowest BCUT2D eigenvalue weighted by Crippen LogP contribution is -2.00. The van der Waals surface area contributed by atoms with Gasteiger partial charge in [0.1, 0.15) is 0 Å². The van der Waals surface area contributed by atoms with Crippen LogP contribution in [-0.2, 0) is 0 Å². The molecule has 14 heavy (non-hydrogen) atoms. The van der Waals surface area contributed by atoms with Crippen LogP contribution in [0, 0.1) is 17.2 Å². The van der Waals surface area contributed by atoms with Crippen LogP contribution in [0.3, 0.4) is 0 Å². The maximum absolute atomic E-state index is 12.5. The number of benzene rings is 1. The van der Waals surface area contributed by atoms with Crippen molar-refractivity contribution < 1.29 is 4.39 Å². The highest BCUT2D eigenvalue weighted by molar-refractivity contribution is 5.63. The predicted molar refractivity (Wildman–Crippen MR) is 55.2 cm³/mol. The Morgan fingerprint density at radius 2 is 2.36 bits per heavy atom. The molecule has 1 aromatic carbocycles. The molecule has 0 bridgehead atoms. The Morgan fingerprint density at radius 3 is 2.86 bits per heavy atom. The van der Waals surface area contributed by atoms with E-state index in [-0.39, 0.29) is 0 Å². The third kappa shape index (κ3) is 1.82. The zero-order valence-corrected chi connectivity index (χ0v) is 8.05. The van der Waals surface area contributed by atoms with Crippen LogP contribution in [0.2, 0.25) is 0 Å². The fraction of sp³-hybridized carbons (Fsp3) is 0.167. The highest BCUT2D eigenvalue weighted by Gasteiger charge is 2.11. The van der Waals surface area contributed by atoms with Crippen LogP contribution in [0.1, 0.15) is 23.6 Å². The first-order chi connectivity index (χ1) is 6.74. The Balaban J connectivity index is 3.30. The SMILES string of the molecule is C=Cc1c(C#N)cccc1[C](C)CF. The Kier molecular flexibility index (Phi) is 3.41. The van der Waals surface area contributed by atoms with Gasteiger partial charge >= 0.3 is 0 Å². The van der Waals surface area contributed by atoms with Crippen LogP contribution < -0.4 is 0 Å². The fourth-order valence-electron chi connectivity index (χ4n) is 1.33. The van der Waals surface area contributed by atoms with Gasteiger partial charge in [0.15, 0.2) is 0 Å². The number of rotatable bonds is 3. The highest BCUT2D eigenvalue weighted by atomic mass is 19.1. The van der Waals surface area contributed by atoms with E-state index >= 15 is 0 Å². The van der Waals surface area contributed by atoms with Crippen molar-refractivity contribution in [3.63, 3.8) is 0 Å². The summed E-state index contributed by atoms with van der Waals surface area (Å²) in [7, 11) is 0. The summed E-state index contributed by atoms with van der Waals surface area (Å²) >= 11 is 0. The summed E-state index contributed by atoms with van der Waals surface area (Å²) in [4.78, 5) is 0. The molecule has 0 spiro atoms. The number of hydrogen-bond acceptors (Lipinski definition) is 1. The van der Waals surface area contributed by atoms with Crippen LogP contribution in [0.25, 0.3) is 6.08 Å². The summed E-state index contributed by atoms with van der Waals surface area (Å²) in [6, 6.07) is 7.31. The quantitative estimate of drug-likeness (QED) is 0.715. The predicted octanol–water partition coefficient (Wildman–Crippen LogP) is 3.11. The third-order valence-electron chi connectivity index (χ3n) is 2.09. The van der Waals surface area contributed by atoms with E-state index in [9.17, 15) is 4.39 Å². The molecule has 0 aromatic heterocycles. The normalized spacial score (nSPS) is 9.86. The van der Waals surface area contributed by atoms with Gasteiger partial charge < -0.3 is 0 Å². The summed E-state index contributed by atoms with van der Waals surface area (Å²) in [5, 5.41) is 8.83. The monoisotopic (exact) mass is 188 g/mol. The molecule has 1 aromatic rings. The van der Waals surface area contributed by atoms with E-state index in [2.05, 4.69) is 12.6 Å². The van der Waals surface area contributed by atoms with Crippen LogP contribution in [-0.4, -0.2) is 6.67 Å². The minimum Gasteiger partial charge on any atom is -0.250 e. The van der Waals surface area contributed by atoms with Gasteiger partial charge in [0.25, 0.3) is 0 Å².